The number of ether oxygens (including phenoxy) is 1. The Hall–Kier alpha value is -1.56. The summed E-state index contributed by atoms with van der Waals surface area (Å²) in [5.41, 5.74) is 4.89. The molecule has 0 aromatic heterocycles. The molecule has 0 radical (unpaired) electrons. The third-order valence-corrected chi connectivity index (χ3v) is 2.47. The standard InChI is InChI=1S/C14H18F3NO2/c1-13(2,3)20-12(19)8-11(18)9-4-6-10(7-5-9)14(15,16)17/h4-7,11H,8,18H2,1-3H3/t11-/m1/s1. The second-order valence-electron chi connectivity index (χ2n) is 5.52. The van der Waals surface area contributed by atoms with Gasteiger partial charge in [0, 0.05) is 6.04 Å². The van der Waals surface area contributed by atoms with Gasteiger partial charge in [-0.15, -0.1) is 0 Å². The molecule has 0 aliphatic heterocycles. The average molecular weight is 289 g/mol. The Morgan fingerprint density at radius 2 is 1.70 bits per heavy atom. The van der Waals surface area contributed by atoms with Crippen LogP contribution >= 0.6 is 0 Å². The summed E-state index contributed by atoms with van der Waals surface area (Å²) in [6.45, 7) is 5.19. The van der Waals surface area contributed by atoms with Crippen LogP contribution in [0.15, 0.2) is 24.3 Å². The molecule has 0 aliphatic rings. The maximum Gasteiger partial charge on any atom is 0.416 e. The lowest BCUT2D eigenvalue weighted by atomic mass is 10.0. The van der Waals surface area contributed by atoms with Crippen LogP contribution in [0.3, 0.4) is 0 Å². The molecular formula is C14H18F3NO2. The fourth-order valence-electron chi connectivity index (χ4n) is 1.60. The van der Waals surface area contributed by atoms with Crippen LogP contribution in [-0.4, -0.2) is 11.6 Å². The van der Waals surface area contributed by atoms with Crippen LogP contribution < -0.4 is 5.73 Å². The normalized spacial score (nSPS) is 13.9. The van der Waals surface area contributed by atoms with E-state index < -0.39 is 29.4 Å². The lowest BCUT2D eigenvalue weighted by Gasteiger charge is -2.21. The molecule has 0 amide bonds. The van der Waals surface area contributed by atoms with Crippen molar-refractivity contribution in [2.45, 2.75) is 45.0 Å². The third kappa shape index (κ3) is 5.21. The molecular weight excluding hydrogens is 271 g/mol. The molecule has 0 saturated carbocycles. The van der Waals surface area contributed by atoms with Gasteiger partial charge < -0.3 is 10.5 Å². The quantitative estimate of drug-likeness (QED) is 0.867. The molecule has 1 aromatic rings. The van der Waals surface area contributed by atoms with E-state index in [4.69, 9.17) is 10.5 Å². The molecule has 0 unspecified atom stereocenters. The van der Waals surface area contributed by atoms with Crippen LogP contribution in [0.1, 0.15) is 44.4 Å². The molecule has 1 atom stereocenters. The van der Waals surface area contributed by atoms with Gasteiger partial charge in [0.15, 0.2) is 0 Å². The predicted octanol–water partition coefficient (Wildman–Crippen LogP) is 3.44. The molecule has 1 aromatic carbocycles. The van der Waals surface area contributed by atoms with Gasteiger partial charge >= 0.3 is 12.1 Å². The number of alkyl halides is 3. The first kappa shape index (κ1) is 16.5. The Kier molecular flexibility index (Phi) is 4.81. The number of carbonyl (C=O) groups is 1. The first-order chi connectivity index (χ1) is 8.99. The van der Waals surface area contributed by atoms with E-state index in [-0.39, 0.29) is 6.42 Å². The van der Waals surface area contributed by atoms with Crippen LogP contribution in [0, 0.1) is 0 Å². The van der Waals surface area contributed by atoms with Crippen LogP contribution in [0.5, 0.6) is 0 Å². The topological polar surface area (TPSA) is 52.3 Å². The third-order valence-electron chi connectivity index (χ3n) is 2.47. The number of hydrogen-bond donors (Lipinski definition) is 1. The van der Waals surface area contributed by atoms with Crippen molar-refractivity contribution >= 4 is 5.97 Å². The molecule has 6 heteroatoms. The Morgan fingerprint density at radius 3 is 2.10 bits per heavy atom. The van der Waals surface area contributed by atoms with Gasteiger partial charge in [-0.3, -0.25) is 4.79 Å². The maximum absolute atomic E-state index is 12.4. The van der Waals surface area contributed by atoms with Crippen LogP contribution in [0.2, 0.25) is 0 Å². The number of halogens is 3. The van der Waals surface area contributed by atoms with Crippen molar-refractivity contribution in [3.05, 3.63) is 35.4 Å². The van der Waals surface area contributed by atoms with Gasteiger partial charge in [-0.1, -0.05) is 12.1 Å². The molecule has 0 fully saturated rings. The van der Waals surface area contributed by atoms with Crippen molar-refractivity contribution in [1.82, 2.24) is 0 Å². The number of hydrogen-bond acceptors (Lipinski definition) is 3. The number of esters is 1. The van der Waals surface area contributed by atoms with E-state index in [9.17, 15) is 18.0 Å². The summed E-state index contributed by atoms with van der Waals surface area (Å²) in [5, 5.41) is 0. The summed E-state index contributed by atoms with van der Waals surface area (Å²) in [6.07, 6.45) is -4.46. The molecule has 3 nitrogen and oxygen atoms in total. The van der Waals surface area contributed by atoms with E-state index in [1.54, 1.807) is 20.8 Å². The molecule has 0 spiro atoms. The Bertz CT molecular complexity index is 461. The fraction of sp³-hybridized carbons (Fsp3) is 0.500. The van der Waals surface area contributed by atoms with E-state index in [0.29, 0.717) is 5.56 Å². The minimum Gasteiger partial charge on any atom is -0.460 e. The lowest BCUT2D eigenvalue weighted by Crippen LogP contribution is -2.26. The number of carbonyl (C=O) groups excluding carboxylic acids is 1. The Balaban J connectivity index is 2.69. The molecule has 0 bridgehead atoms. The van der Waals surface area contributed by atoms with Crippen molar-refractivity contribution in [3.8, 4) is 0 Å². The van der Waals surface area contributed by atoms with Gasteiger partial charge in [-0.25, -0.2) is 0 Å². The van der Waals surface area contributed by atoms with Crippen LogP contribution in [0.4, 0.5) is 13.2 Å². The summed E-state index contributed by atoms with van der Waals surface area (Å²) >= 11 is 0. The first-order valence-corrected chi connectivity index (χ1v) is 6.13. The van der Waals surface area contributed by atoms with Crippen molar-refractivity contribution in [2.24, 2.45) is 5.73 Å². The lowest BCUT2D eigenvalue weighted by molar-refractivity contribution is -0.155. The van der Waals surface area contributed by atoms with Gasteiger partial charge in [0.1, 0.15) is 5.60 Å². The highest BCUT2D eigenvalue weighted by molar-refractivity contribution is 5.70. The van der Waals surface area contributed by atoms with E-state index >= 15 is 0 Å². The summed E-state index contributed by atoms with van der Waals surface area (Å²) in [7, 11) is 0. The largest absolute Gasteiger partial charge is 0.460 e. The van der Waals surface area contributed by atoms with Crippen molar-refractivity contribution in [3.63, 3.8) is 0 Å². The van der Waals surface area contributed by atoms with Gasteiger partial charge in [0.25, 0.3) is 0 Å². The predicted molar refractivity (Wildman–Crippen MR) is 68.8 cm³/mol. The molecule has 2 N–H and O–H groups in total. The van der Waals surface area contributed by atoms with Gasteiger partial charge in [-0.2, -0.15) is 13.2 Å². The van der Waals surface area contributed by atoms with Gasteiger partial charge in [0.2, 0.25) is 0 Å². The molecule has 1 rings (SSSR count). The van der Waals surface area contributed by atoms with E-state index in [1.807, 2.05) is 0 Å². The highest BCUT2D eigenvalue weighted by atomic mass is 19.4. The van der Waals surface area contributed by atoms with E-state index in [0.717, 1.165) is 12.1 Å². The monoisotopic (exact) mass is 289 g/mol. The van der Waals surface area contributed by atoms with Gasteiger partial charge in [-0.05, 0) is 38.5 Å². The SMILES string of the molecule is CC(C)(C)OC(=O)C[C@@H](N)c1ccc(C(F)(F)F)cc1. The zero-order chi connectivity index (χ0) is 15.6. The molecule has 0 heterocycles. The smallest absolute Gasteiger partial charge is 0.416 e. The van der Waals surface area contributed by atoms with Gasteiger partial charge in [0.05, 0.1) is 12.0 Å². The van der Waals surface area contributed by atoms with Crippen LogP contribution in [0.25, 0.3) is 0 Å². The Labute approximate surface area is 115 Å². The zero-order valence-corrected chi connectivity index (χ0v) is 11.6. The van der Waals surface area contributed by atoms with E-state index in [2.05, 4.69) is 0 Å². The van der Waals surface area contributed by atoms with Crippen molar-refractivity contribution in [2.75, 3.05) is 0 Å². The second kappa shape index (κ2) is 5.83. The summed E-state index contributed by atoms with van der Waals surface area (Å²) in [5.74, 6) is -0.482. The zero-order valence-electron chi connectivity index (χ0n) is 11.6. The minimum atomic E-state index is -4.38. The number of nitrogens with two attached hydrogens (primary N) is 1. The van der Waals surface area contributed by atoms with Crippen molar-refractivity contribution < 1.29 is 22.7 Å². The molecule has 0 aliphatic carbocycles. The van der Waals surface area contributed by atoms with E-state index in [1.165, 1.54) is 12.1 Å². The number of benzene rings is 1. The minimum absolute atomic E-state index is 0.0807. The second-order valence-corrected chi connectivity index (χ2v) is 5.52. The molecule has 20 heavy (non-hydrogen) atoms. The van der Waals surface area contributed by atoms with Crippen LogP contribution in [-0.2, 0) is 15.7 Å². The molecule has 0 saturated heterocycles. The molecule has 112 valence electrons. The fourth-order valence-corrected chi connectivity index (χ4v) is 1.60. The first-order valence-electron chi connectivity index (χ1n) is 6.13. The Morgan fingerprint density at radius 1 is 1.20 bits per heavy atom. The van der Waals surface area contributed by atoms with Crippen molar-refractivity contribution in [1.29, 1.82) is 0 Å². The highest BCUT2D eigenvalue weighted by Crippen LogP contribution is 2.30. The summed E-state index contributed by atoms with van der Waals surface area (Å²) < 4.78 is 42.3. The maximum atomic E-state index is 12.4. The summed E-state index contributed by atoms with van der Waals surface area (Å²) in [4.78, 5) is 11.6. The summed E-state index contributed by atoms with van der Waals surface area (Å²) in [6, 6.07) is 3.76. The average Bonchev–Trinajstić information content (AvgIpc) is 2.25. The highest BCUT2D eigenvalue weighted by Gasteiger charge is 2.30. The number of rotatable bonds is 3.